The number of rotatable bonds is 16. The van der Waals surface area contributed by atoms with Gasteiger partial charge in [-0.3, -0.25) is 28.5 Å². The molecule has 4 aromatic rings. The minimum absolute atomic E-state index is 0.124. The van der Waals surface area contributed by atoms with Crippen molar-refractivity contribution in [1.82, 2.24) is 19.6 Å². The van der Waals surface area contributed by atoms with Crippen molar-refractivity contribution in [2.75, 3.05) is 18.5 Å². The van der Waals surface area contributed by atoms with Crippen LogP contribution in [-0.4, -0.2) is 69.6 Å². The number of fused-ring (bicyclic) bond motifs is 1. The summed E-state index contributed by atoms with van der Waals surface area (Å²) in [6, 6.07) is 17.4. The zero-order valence-electron chi connectivity index (χ0n) is 29.0. The molecule has 52 heavy (non-hydrogen) atoms. The lowest BCUT2D eigenvalue weighted by Gasteiger charge is -2.28. The van der Waals surface area contributed by atoms with Gasteiger partial charge >= 0.3 is 25.4 Å². The molecular weight excluding hydrogens is 700 g/mol. The fourth-order valence-corrected chi connectivity index (χ4v) is 7.05. The zero-order chi connectivity index (χ0) is 37.5. The molecule has 1 aliphatic heterocycles. The maximum Gasteiger partial charge on any atom is 0.459 e. The van der Waals surface area contributed by atoms with Gasteiger partial charge in [0, 0.05) is 36.8 Å². The summed E-state index contributed by atoms with van der Waals surface area (Å²) in [4.78, 5) is 56.6. The Labute approximate surface area is 298 Å². The van der Waals surface area contributed by atoms with Gasteiger partial charge in [0.15, 0.2) is 18.0 Å². The Morgan fingerprint density at radius 3 is 2.54 bits per heavy atom. The van der Waals surface area contributed by atoms with Crippen molar-refractivity contribution in [2.45, 2.75) is 76.8 Å². The van der Waals surface area contributed by atoms with Gasteiger partial charge in [0.25, 0.3) is 5.56 Å². The third-order valence-electron chi connectivity index (χ3n) is 8.00. The molecule has 5 rings (SSSR count). The molecule has 0 amide bonds. The molecule has 278 valence electrons. The van der Waals surface area contributed by atoms with Crippen molar-refractivity contribution < 1.29 is 41.8 Å². The highest BCUT2D eigenvalue weighted by Gasteiger charge is 2.58. The van der Waals surface area contributed by atoms with Crippen LogP contribution in [0, 0.1) is 0 Å². The topological polar surface area (TPSA) is 189 Å². The van der Waals surface area contributed by atoms with E-state index in [-0.39, 0.29) is 12.2 Å². The van der Waals surface area contributed by atoms with Crippen LogP contribution in [0.5, 0.6) is 5.75 Å². The number of carbonyl (C=O) groups is 2. The first-order valence-corrected chi connectivity index (χ1v) is 18.2. The van der Waals surface area contributed by atoms with E-state index in [2.05, 4.69) is 15.4 Å². The minimum atomic E-state index is -4.45. The van der Waals surface area contributed by atoms with Gasteiger partial charge in [-0.2, -0.15) is 5.09 Å². The number of aromatic amines is 1. The predicted molar refractivity (Wildman–Crippen MR) is 189 cm³/mol. The number of ether oxygens (including phenoxy) is 3. The lowest BCUT2D eigenvalue weighted by Crippen LogP contribution is -2.46. The summed E-state index contributed by atoms with van der Waals surface area (Å²) in [5.41, 5.74) is -4.26. The van der Waals surface area contributed by atoms with Crippen molar-refractivity contribution in [3.63, 3.8) is 0 Å². The lowest BCUT2D eigenvalue weighted by atomic mass is 9.98. The van der Waals surface area contributed by atoms with E-state index in [9.17, 15) is 23.7 Å². The first-order chi connectivity index (χ1) is 24.8. The predicted octanol–water partition coefficient (Wildman–Crippen LogP) is 4.65. The summed E-state index contributed by atoms with van der Waals surface area (Å²) in [5, 5.41) is 7.64. The Balaban J connectivity index is 1.33. The number of nitrogens with zero attached hydrogens (tertiary/aromatic N) is 2. The molecule has 0 unspecified atom stereocenters. The van der Waals surface area contributed by atoms with Crippen molar-refractivity contribution >= 4 is 36.3 Å². The number of carbonyl (C=O) groups excluding carboxylic acids is 2. The molecule has 0 spiro atoms. The van der Waals surface area contributed by atoms with Crippen LogP contribution in [0.25, 0.3) is 10.8 Å². The number of halogens is 1. The van der Waals surface area contributed by atoms with Crippen LogP contribution < -0.4 is 26.2 Å². The van der Waals surface area contributed by atoms with Crippen molar-refractivity contribution in [2.24, 2.45) is 0 Å². The number of pyridine rings is 1. The highest BCUT2D eigenvalue weighted by atomic mass is 31.2. The molecule has 1 fully saturated rings. The van der Waals surface area contributed by atoms with Crippen LogP contribution in [0.4, 0.5) is 10.2 Å². The minimum Gasteiger partial charge on any atom is -0.462 e. The molecule has 0 aliphatic carbocycles. The molecule has 1 saturated heterocycles. The van der Waals surface area contributed by atoms with Crippen LogP contribution >= 0.6 is 7.75 Å². The molecular formula is C35H41FN5O10P. The number of aromatic nitrogens is 3. The van der Waals surface area contributed by atoms with E-state index in [4.69, 9.17) is 23.3 Å². The van der Waals surface area contributed by atoms with Crippen LogP contribution in [0.1, 0.15) is 46.8 Å². The Bertz CT molecular complexity index is 2020. The smallest absolute Gasteiger partial charge is 0.459 e. The highest BCUT2D eigenvalue weighted by Crippen LogP contribution is 2.48. The third kappa shape index (κ3) is 9.50. The van der Waals surface area contributed by atoms with Gasteiger partial charge in [-0.15, -0.1) is 0 Å². The largest absolute Gasteiger partial charge is 0.462 e. The second-order valence-electron chi connectivity index (χ2n) is 12.6. The van der Waals surface area contributed by atoms with E-state index in [1.165, 1.54) is 19.1 Å². The normalized spacial score (nSPS) is 21.7. The fourth-order valence-electron chi connectivity index (χ4n) is 5.55. The number of para-hydroxylation sites is 1. The number of esters is 2. The van der Waals surface area contributed by atoms with Crippen LogP contribution in [0.3, 0.4) is 0 Å². The first-order valence-electron chi connectivity index (χ1n) is 16.7. The number of hydrogen-bond donors (Lipinski definition) is 3. The summed E-state index contributed by atoms with van der Waals surface area (Å²) < 4.78 is 59.9. The Morgan fingerprint density at radius 2 is 1.81 bits per heavy atom. The van der Waals surface area contributed by atoms with E-state index >= 15 is 4.39 Å². The van der Waals surface area contributed by atoms with Crippen LogP contribution in [0.2, 0.25) is 0 Å². The number of alkyl halides is 1. The molecule has 0 radical (unpaired) electrons. The molecule has 15 nitrogen and oxygen atoms in total. The maximum absolute atomic E-state index is 16.8. The van der Waals surface area contributed by atoms with Crippen molar-refractivity contribution in [3.05, 3.63) is 100.0 Å². The summed E-state index contributed by atoms with van der Waals surface area (Å²) in [6.45, 7) is 5.42. The van der Waals surface area contributed by atoms with E-state index in [0.717, 1.165) is 34.5 Å². The monoisotopic (exact) mass is 741 g/mol. The Morgan fingerprint density at radius 1 is 1.08 bits per heavy atom. The quantitative estimate of drug-likeness (QED) is 0.0819. The molecule has 2 aromatic carbocycles. The fraction of sp³-hybridized carbons (Fsp3) is 0.400. The molecule has 0 bridgehead atoms. The average Bonchev–Trinajstić information content (AvgIpc) is 3.34. The molecule has 17 heteroatoms. The van der Waals surface area contributed by atoms with E-state index in [0.29, 0.717) is 18.8 Å². The summed E-state index contributed by atoms with van der Waals surface area (Å²) >= 11 is 0. The molecule has 2 aromatic heterocycles. The van der Waals surface area contributed by atoms with E-state index in [1.54, 1.807) is 38.2 Å². The van der Waals surface area contributed by atoms with Gasteiger partial charge in [0.2, 0.25) is 0 Å². The number of benzene rings is 2. The number of hydrogen-bond acceptors (Lipinski definition) is 12. The van der Waals surface area contributed by atoms with Crippen LogP contribution in [-0.2, 0) is 32.9 Å². The second-order valence-corrected chi connectivity index (χ2v) is 14.2. The number of nitrogens with one attached hydrogen (secondary N) is 3. The third-order valence-corrected chi connectivity index (χ3v) is 9.64. The summed E-state index contributed by atoms with van der Waals surface area (Å²) in [7, 11) is -4.45. The van der Waals surface area contributed by atoms with Gasteiger partial charge in [0.05, 0.1) is 12.7 Å². The Kier molecular flexibility index (Phi) is 12.3. The van der Waals surface area contributed by atoms with Crippen molar-refractivity contribution in [3.8, 4) is 5.75 Å². The second kappa shape index (κ2) is 16.6. The van der Waals surface area contributed by atoms with Gasteiger partial charge in [-0.1, -0.05) is 42.5 Å². The lowest BCUT2D eigenvalue weighted by molar-refractivity contribution is -0.158. The number of H-pyrrole nitrogens is 1. The molecule has 0 saturated carbocycles. The maximum atomic E-state index is 16.8. The Hall–Kier alpha value is -4.89. The molecule has 3 heterocycles. The molecule has 6 atom stereocenters. The summed E-state index contributed by atoms with van der Waals surface area (Å²) in [5.74, 6) is -0.755. The van der Waals surface area contributed by atoms with E-state index in [1.807, 2.05) is 35.3 Å². The van der Waals surface area contributed by atoms with Gasteiger partial charge in [0.1, 0.15) is 23.7 Å². The van der Waals surface area contributed by atoms with Gasteiger partial charge < -0.3 is 24.1 Å². The number of anilines is 1. The standard InChI is InChI=1S/C35H41FN5O10P/c1-22(2)48-32(44)23(3)40-52(46,51-25-12-6-5-7-13-25)47-21-27-30(35(4,36)33(49-27)41-20-17-28(42)39-34(41)45)50-29(43)15-10-18-37-31-26-14-9-8-11-24(26)16-19-38-31/h5-9,11-14,16-17,19-20,22-23,27,30,33H,10,15,18,21H2,1-4H3,(H,37,38)(H,40,46)(H,39,42,45)/t23-,27+,30+,33+,35+,52-/m0/s1. The molecule has 3 N–H and O–H groups in total. The van der Waals surface area contributed by atoms with Crippen molar-refractivity contribution in [1.29, 1.82) is 0 Å². The highest BCUT2D eigenvalue weighted by molar-refractivity contribution is 7.52. The summed E-state index contributed by atoms with van der Waals surface area (Å²) in [6.07, 6.45) is -2.43. The molecule has 1 aliphatic rings. The zero-order valence-corrected chi connectivity index (χ0v) is 29.9. The van der Waals surface area contributed by atoms with Crippen LogP contribution in [0.15, 0.2) is 88.7 Å². The average molecular weight is 742 g/mol. The van der Waals surface area contributed by atoms with Gasteiger partial charge in [-0.25, -0.2) is 18.7 Å². The SMILES string of the molecule is CC(C)OC(=O)[C@H](C)N[P@](=O)(OC[C@H]1O[C@@H](n2ccc(=O)[nH]c2=O)[C@](C)(F)[C@@H]1OC(=O)CCCNc1nccc2ccccc12)Oc1ccccc1. The first kappa shape index (κ1) is 38.3. The van der Waals surface area contributed by atoms with Gasteiger partial charge in [-0.05, 0) is 57.7 Å². The van der Waals surface area contributed by atoms with E-state index < -0.39 is 73.8 Å².